The average molecular weight is 432 g/mol. The van der Waals surface area contributed by atoms with Crippen LogP contribution in [0.15, 0.2) is 59.9 Å². The maximum Gasteiger partial charge on any atom is 0.288 e. The molecule has 1 atom stereocenters. The molecule has 1 unspecified atom stereocenters. The fourth-order valence-electron chi connectivity index (χ4n) is 2.55. The van der Waals surface area contributed by atoms with Gasteiger partial charge in [-0.05, 0) is 49.6 Å². The third-order valence-electron chi connectivity index (χ3n) is 4.04. The molecule has 156 valence electrons. The summed E-state index contributed by atoms with van der Waals surface area (Å²) >= 11 is 1.30. The Labute approximate surface area is 175 Å². The zero-order valence-corrected chi connectivity index (χ0v) is 16.9. The highest BCUT2D eigenvalue weighted by Gasteiger charge is 2.21. The number of carbonyl (C=O) groups is 2. The minimum absolute atomic E-state index is 0.0783. The number of hydrogen-bond acceptors (Lipinski definition) is 5. The molecule has 3 rings (SSSR count). The number of thioether (sulfide) groups is 1. The Hall–Kier alpha value is -3.40. The maximum atomic E-state index is 13.7. The molecule has 0 aliphatic heterocycles. The van der Waals surface area contributed by atoms with Crippen LogP contribution in [0.4, 0.5) is 8.78 Å². The number of halogens is 2. The van der Waals surface area contributed by atoms with Crippen molar-refractivity contribution < 1.29 is 23.1 Å². The van der Waals surface area contributed by atoms with E-state index in [0.29, 0.717) is 10.8 Å². The van der Waals surface area contributed by atoms with E-state index in [4.69, 9.17) is 4.74 Å². The molecule has 0 saturated heterocycles. The van der Waals surface area contributed by atoms with Gasteiger partial charge in [-0.15, -0.1) is 0 Å². The van der Waals surface area contributed by atoms with Gasteiger partial charge < -0.3 is 4.74 Å². The number of hydrazine groups is 1. The highest BCUT2D eigenvalue weighted by atomic mass is 32.2. The summed E-state index contributed by atoms with van der Waals surface area (Å²) in [5.41, 5.74) is 5.19. The number of hydrogen-bond donors (Lipinski definition) is 2. The fourth-order valence-corrected chi connectivity index (χ4v) is 3.09. The third kappa shape index (κ3) is 4.77. The van der Waals surface area contributed by atoms with Crippen LogP contribution < -0.4 is 15.6 Å². The number of imidazole rings is 1. The number of carbonyl (C=O) groups excluding carboxylic acids is 2. The van der Waals surface area contributed by atoms with E-state index in [1.54, 1.807) is 12.3 Å². The van der Waals surface area contributed by atoms with Crippen LogP contribution in [0.25, 0.3) is 5.69 Å². The van der Waals surface area contributed by atoms with Crippen LogP contribution in [-0.2, 0) is 4.79 Å². The van der Waals surface area contributed by atoms with Gasteiger partial charge in [-0.3, -0.25) is 25.0 Å². The Balaban J connectivity index is 1.69. The van der Waals surface area contributed by atoms with Crippen molar-refractivity contribution in [3.05, 3.63) is 72.1 Å². The lowest BCUT2D eigenvalue weighted by molar-refractivity contribution is -0.128. The highest BCUT2D eigenvalue weighted by molar-refractivity contribution is 7.98. The summed E-state index contributed by atoms with van der Waals surface area (Å²) in [4.78, 5) is 29.0. The summed E-state index contributed by atoms with van der Waals surface area (Å²) in [5, 5.41) is 0.509. The fraction of sp³-hybridized carbons (Fsp3) is 0.150. The lowest BCUT2D eigenvalue weighted by Crippen LogP contribution is -2.47. The number of benzene rings is 2. The number of rotatable bonds is 6. The zero-order chi connectivity index (χ0) is 21.7. The van der Waals surface area contributed by atoms with Crippen LogP contribution >= 0.6 is 11.8 Å². The Morgan fingerprint density at radius 3 is 2.47 bits per heavy atom. The van der Waals surface area contributed by atoms with Gasteiger partial charge in [0, 0.05) is 5.69 Å². The normalized spacial score (nSPS) is 11.6. The molecular weight excluding hydrogens is 414 g/mol. The van der Waals surface area contributed by atoms with E-state index in [9.17, 15) is 18.4 Å². The predicted molar refractivity (Wildman–Crippen MR) is 107 cm³/mol. The Morgan fingerprint density at radius 1 is 1.10 bits per heavy atom. The molecule has 0 saturated carbocycles. The molecule has 0 aliphatic rings. The van der Waals surface area contributed by atoms with Gasteiger partial charge >= 0.3 is 0 Å². The van der Waals surface area contributed by atoms with Crippen LogP contribution in [0.5, 0.6) is 5.75 Å². The first-order valence-corrected chi connectivity index (χ1v) is 10.0. The van der Waals surface area contributed by atoms with Crippen molar-refractivity contribution in [2.75, 3.05) is 6.26 Å². The van der Waals surface area contributed by atoms with Crippen molar-refractivity contribution >= 4 is 23.6 Å². The summed E-state index contributed by atoms with van der Waals surface area (Å²) in [6, 6.07) is 11.2. The van der Waals surface area contributed by atoms with Gasteiger partial charge in [-0.25, -0.2) is 13.8 Å². The van der Waals surface area contributed by atoms with E-state index in [1.807, 2.05) is 0 Å². The van der Waals surface area contributed by atoms with Gasteiger partial charge in [0.1, 0.15) is 11.5 Å². The molecular formula is C20H18F2N4O3S. The Morgan fingerprint density at radius 2 is 1.80 bits per heavy atom. The van der Waals surface area contributed by atoms with Gasteiger partial charge in [-0.1, -0.05) is 23.9 Å². The molecule has 30 heavy (non-hydrogen) atoms. The molecule has 1 heterocycles. The molecule has 0 radical (unpaired) electrons. The number of para-hydroxylation sites is 1. The van der Waals surface area contributed by atoms with Crippen molar-refractivity contribution in [3.8, 4) is 11.4 Å². The van der Waals surface area contributed by atoms with Gasteiger partial charge in [-0.2, -0.15) is 0 Å². The molecule has 10 heteroatoms. The zero-order valence-electron chi connectivity index (χ0n) is 16.1. The Kier molecular flexibility index (Phi) is 6.68. The number of ether oxygens (including phenoxy) is 1. The molecule has 0 bridgehead atoms. The molecule has 2 N–H and O–H groups in total. The lowest BCUT2D eigenvalue weighted by atomic mass is 10.3. The van der Waals surface area contributed by atoms with Crippen molar-refractivity contribution in [1.82, 2.24) is 20.4 Å². The summed E-state index contributed by atoms with van der Waals surface area (Å²) < 4.78 is 33.7. The first kappa shape index (κ1) is 21.3. The van der Waals surface area contributed by atoms with Crippen LogP contribution in [0, 0.1) is 11.6 Å². The molecule has 3 aromatic rings. The molecule has 1 aromatic heterocycles. The second-order valence-corrected chi connectivity index (χ2v) is 6.85. The SMILES string of the molecule is CSc1ncc(C(=O)NNC(=O)C(C)Oc2ccccc2F)n1-c1ccc(F)cc1. The standard InChI is InChI=1S/C20H18F2N4O3S/c1-12(29-17-6-4-3-5-15(17)22)18(27)24-25-19(28)16-11-23-20(30-2)26(16)14-9-7-13(21)8-10-14/h3-12H,1-2H3,(H,24,27)(H,25,28). The largest absolute Gasteiger partial charge is 0.478 e. The van der Waals surface area contributed by atoms with E-state index in [-0.39, 0.29) is 11.4 Å². The number of nitrogens with zero attached hydrogens (tertiary/aromatic N) is 2. The highest BCUT2D eigenvalue weighted by Crippen LogP contribution is 2.22. The van der Waals surface area contributed by atoms with Crippen molar-refractivity contribution in [3.63, 3.8) is 0 Å². The van der Waals surface area contributed by atoms with Crippen molar-refractivity contribution in [2.24, 2.45) is 0 Å². The number of nitrogens with one attached hydrogen (secondary N) is 2. The van der Waals surface area contributed by atoms with Crippen LogP contribution in [-0.4, -0.2) is 33.7 Å². The smallest absolute Gasteiger partial charge is 0.288 e. The van der Waals surface area contributed by atoms with Crippen molar-refractivity contribution in [2.45, 2.75) is 18.2 Å². The first-order valence-electron chi connectivity index (χ1n) is 8.79. The quantitative estimate of drug-likeness (QED) is 0.462. The lowest BCUT2D eigenvalue weighted by Gasteiger charge is -2.16. The van der Waals surface area contributed by atoms with E-state index in [2.05, 4.69) is 15.8 Å². The minimum atomic E-state index is -1.06. The second kappa shape index (κ2) is 9.40. The molecule has 7 nitrogen and oxygen atoms in total. The van der Waals surface area contributed by atoms with Gasteiger partial charge in [0.15, 0.2) is 22.8 Å². The summed E-state index contributed by atoms with van der Waals surface area (Å²) in [6.07, 6.45) is 2.06. The van der Waals surface area contributed by atoms with Crippen molar-refractivity contribution in [1.29, 1.82) is 0 Å². The summed E-state index contributed by atoms with van der Waals surface area (Å²) in [5.74, 6) is -2.41. The average Bonchev–Trinajstić information content (AvgIpc) is 3.18. The third-order valence-corrected chi connectivity index (χ3v) is 4.69. The molecule has 0 spiro atoms. The van der Waals surface area contributed by atoms with E-state index in [0.717, 1.165) is 0 Å². The van der Waals surface area contributed by atoms with Crippen LogP contribution in [0.1, 0.15) is 17.4 Å². The van der Waals surface area contributed by atoms with E-state index in [1.165, 1.54) is 71.9 Å². The van der Waals surface area contributed by atoms with Crippen LogP contribution in [0.3, 0.4) is 0 Å². The number of amides is 2. The van der Waals surface area contributed by atoms with Gasteiger partial charge in [0.2, 0.25) is 0 Å². The topological polar surface area (TPSA) is 85.2 Å². The van der Waals surface area contributed by atoms with E-state index >= 15 is 0 Å². The first-order chi connectivity index (χ1) is 14.4. The molecule has 2 amide bonds. The molecule has 0 aliphatic carbocycles. The second-order valence-electron chi connectivity index (χ2n) is 6.08. The molecule has 0 fully saturated rings. The van der Waals surface area contributed by atoms with Gasteiger partial charge in [0.25, 0.3) is 11.8 Å². The summed E-state index contributed by atoms with van der Waals surface area (Å²) in [6.45, 7) is 1.42. The Bertz CT molecular complexity index is 1060. The molecule has 2 aromatic carbocycles. The predicted octanol–water partition coefficient (Wildman–Crippen LogP) is 3.10. The van der Waals surface area contributed by atoms with E-state index < -0.39 is 29.6 Å². The number of aromatic nitrogens is 2. The summed E-state index contributed by atoms with van der Waals surface area (Å²) in [7, 11) is 0. The maximum absolute atomic E-state index is 13.7. The van der Waals surface area contributed by atoms with Crippen LogP contribution in [0.2, 0.25) is 0 Å². The monoisotopic (exact) mass is 432 g/mol. The minimum Gasteiger partial charge on any atom is -0.478 e. The van der Waals surface area contributed by atoms with Gasteiger partial charge in [0.05, 0.1) is 6.20 Å².